The van der Waals surface area contributed by atoms with Crippen molar-refractivity contribution in [3.8, 4) is 0 Å². The first-order valence-electron chi connectivity index (χ1n) is 29.8. The Bertz CT molecular complexity index is 1690. The minimum atomic E-state index is -4.77. The molecule has 0 saturated heterocycles. The van der Waals surface area contributed by atoms with E-state index in [4.69, 9.17) is 23.3 Å². The van der Waals surface area contributed by atoms with E-state index < -0.39 is 57.8 Å². The fraction of sp³-hybridized carbons (Fsp3) is 0.672. The molecule has 0 aromatic rings. The summed E-state index contributed by atoms with van der Waals surface area (Å²) < 4.78 is 39.5. The van der Waals surface area contributed by atoms with Gasteiger partial charge in [0.05, 0.1) is 19.8 Å². The molecule has 0 aliphatic carbocycles. The number of aliphatic hydroxyl groups excluding tert-OH is 1. The van der Waals surface area contributed by atoms with Crippen molar-refractivity contribution in [2.24, 2.45) is 0 Å². The fourth-order valence-corrected chi connectivity index (χ4v) is 8.47. The third kappa shape index (κ3) is 54.9. The molecular formula is C64H107O11P. The van der Waals surface area contributed by atoms with Crippen LogP contribution in [-0.2, 0) is 42.2 Å². The van der Waals surface area contributed by atoms with Gasteiger partial charge in [-0.25, -0.2) is 4.57 Å². The lowest BCUT2D eigenvalue weighted by Crippen LogP contribution is -2.30. The molecule has 2 N–H and O–H groups in total. The monoisotopic (exact) mass is 1080 g/mol. The Morgan fingerprint density at radius 3 is 1.08 bits per heavy atom. The predicted octanol–water partition coefficient (Wildman–Crippen LogP) is 17.8. The van der Waals surface area contributed by atoms with E-state index in [9.17, 15) is 28.9 Å². The summed E-state index contributed by atoms with van der Waals surface area (Å²) >= 11 is 0. The number of carbonyl (C=O) groups is 3. The topological polar surface area (TPSA) is 155 Å². The minimum Gasteiger partial charge on any atom is -0.462 e. The lowest BCUT2D eigenvalue weighted by atomic mass is 10.1. The lowest BCUT2D eigenvalue weighted by Gasteiger charge is -2.21. The molecule has 0 saturated carbocycles. The first kappa shape index (κ1) is 72.1. The Morgan fingerprint density at radius 1 is 0.382 bits per heavy atom. The predicted molar refractivity (Wildman–Crippen MR) is 316 cm³/mol. The second kappa shape index (κ2) is 57.3. The normalized spacial score (nSPS) is 14.1. The van der Waals surface area contributed by atoms with Crippen LogP contribution in [0.15, 0.2) is 109 Å². The van der Waals surface area contributed by atoms with Gasteiger partial charge in [-0.2, -0.15) is 0 Å². The number of allylic oxidation sites excluding steroid dienone is 18. The average Bonchev–Trinajstić information content (AvgIpc) is 3.41. The van der Waals surface area contributed by atoms with E-state index >= 15 is 0 Å². The van der Waals surface area contributed by atoms with E-state index in [2.05, 4.69) is 130 Å². The summed E-state index contributed by atoms with van der Waals surface area (Å²) in [6, 6.07) is 0. The van der Waals surface area contributed by atoms with E-state index in [0.29, 0.717) is 19.3 Å². The van der Waals surface area contributed by atoms with Crippen LogP contribution < -0.4 is 0 Å². The highest BCUT2D eigenvalue weighted by atomic mass is 31.2. The number of esters is 3. The van der Waals surface area contributed by atoms with Gasteiger partial charge in [-0.05, 0) is 122 Å². The molecule has 3 atom stereocenters. The first-order chi connectivity index (χ1) is 37.2. The summed E-state index contributed by atoms with van der Waals surface area (Å²) in [4.78, 5) is 48.6. The molecule has 76 heavy (non-hydrogen) atoms. The maximum Gasteiger partial charge on any atom is 0.472 e. The molecule has 0 aliphatic rings. The number of rotatable bonds is 54. The van der Waals surface area contributed by atoms with Crippen molar-refractivity contribution in [2.75, 3.05) is 26.4 Å². The molecule has 11 nitrogen and oxygen atoms in total. The number of phosphoric acid groups is 1. The number of aliphatic hydroxyl groups is 1. The standard InChI is InChI=1S/C64H107O11P/c1-4-7-10-13-16-19-22-25-28-29-30-31-34-37-40-43-46-49-52-55-64(68)75-61(57-71-62(66)53-50-47-44-41-38-35-32-26-23-20-17-14-11-8-5-2)59-73-76(69,70)72-58-60(56-65)74-63(67)54-51-48-45-42-39-36-33-27-24-21-18-15-12-9-6-3/h8-9,11-12,16-21,25-28,32-33,39,42,60-61,65H,4-7,10,13-15,22-24,29-31,34-38,40-41,43-59H2,1-3H3,(H,69,70)/b11-8-,12-9-,19-16-,20-17-,21-18-,28-25-,32-26-,33-27-,42-39-. The highest BCUT2D eigenvalue weighted by Gasteiger charge is 2.28. The quantitative estimate of drug-likeness (QED) is 0.0197. The summed E-state index contributed by atoms with van der Waals surface area (Å²) in [7, 11) is -4.77. The summed E-state index contributed by atoms with van der Waals surface area (Å²) in [6.45, 7) is 4.32. The SMILES string of the molecule is CC/C=C\C/C=C\C/C=C\C/C=C\CCCCC(=O)OC(CO)COP(=O)(O)OCC(COC(=O)CCCCCCC/C=C\C/C=C\C/C=C\CC)OC(=O)CCCCCCCCCCC/C=C\C/C=C\CCCCC. The van der Waals surface area contributed by atoms with E-state index in [1.807, 2.05) is 0 Å². The zero-order chi connectivity index (χ0) is 55.5. The largest absolute Gasteiger partial charge is 0.472 e. The Labute approximate surface area is 463 Å². The van der Waals surface area contributed by atoms with Gasteiger partial charge in [-0.1, -0.05) is 207 Å². The lowest BCUT2D eigenvalue weighted by molar-refractivity contribution is -0.161. The van der Waals surface area contributed by atoms with Crippen LogP contribution in [0.1, 0.15) is 239 Å². The van der Waals surface area contributed by atoms with Crippen molar-refractivity contribution in [3.63, 3.8) is 0 Å². The maximum absolute atomic E-state index is 12.9. The third-order valence-corrected chi connectivity index (χ3v) is 13.1. The molecule has 0 amide bonds. The minimum absolute atomic E-state index is 0.119. The van der Waals surface area contributed by atoms with E-state index in [0.717, 1.165) is 122 Å². The van der Waals surface area contributed by atoms with Crippen LogP contribution in [0.5, 0.6) is 0 Å². The molecule has 0 aromatic carbocycles. The number of hydrogen-bond donors (Lipinski definition) is 2. The van der Waals surface area contributed by atoms with Crippen molar-refractivity contribution in [3.05, 3.63) is 109 Å². The van der Waals surface area contributed by atoms with Gasteiger partial charge in [0.1, 0.15) is 12.7 Å². The van der Waals surface area contributed by atoms with Crippen LogP contribution in [0.25, 0.3) is 0 Å². The van der Waals surface area contributed by atoms with Crippen LogP contribution >= 0.6 is 7.82 Å². The maximum atomic E-state index is 12.9. The van der Waals surface area contributed by atoms with Crippen LogP contribution in [0.2, 0.25) is 0 Å². The van der Waals surface area contributed by atoms with Crippen molar-refractivity contribution < 1.29 is 52.2 Å². The number of ether oxygens (including phenoxy) is 3. The van der Waals surface area contributed by atoms with Gasteiger partial charge >= 0.3 is 25.7 Å². The van der Waals surface area contributed by atoms with E-state index in [-0.39, 0.29) is 25.9 Å². The van der Waals surface area contributed by atoms with Crippen LogP contribution in [0.3, 0.4) is 0 Å². The molecule has 434 valence electrons. The number of carbonyl (C=O) groups excluding carboxylic acids is 3. The first-order valence-corrected chi connectivity index (χ1v) is 31.3. The second-order valence-electron chi connectivity index (χ2n) is 19.4. The molecule has 0 spiro atoms. The van der Waals surface area contributed by atoms with Gasteiger partial charge in [-0.3, -0.25) is 23.4 Å². The smallest absolute Gasteiger partial charge is 0.462 e. The van der Waals surface area contributed by atoms with Crippen molar-refractivity contribution >= 4 is 25.7 Å². The molecule has 0 radical (unpaired) electrons. The molecule has 0 aliphatic heterocycles. The van der Waals surface area contributed by atoms with Crippen LogP contribution in [0, 0.1) is 0 Å². The zero-order valence-corrected chi connectivity index (χ0v) is 48.8. The number of unbranched alkanes of at least 4 members (excludes halogenated alkanes) is 19. The van der Waals surface area contributed by atoms with Crippen LogP contribution in [0.4, 0.5) is 0 Å². The summed E-state index contributed by atoms with van der Waals surface area (Å²) in [5.74, 6) is -1.54. The molecular weight excluding hydrogens is 976 g/mol. The molecule has 0 rings (SSSR count). The highest BCUT2D eigenvalue weighted by molar-refractivity contribution is 7.47. The molecule has 0 heterocycles. The third-order valence-electron chi connectivity index (χ3n) is 12.2. The van der Waals surface area contributed by atoms with Gasteiger partial charge < -0.3 is 24.2 Å². The Balaban J connectivity index is 4.79. The Kier molecular flexibility index (Phi) is 54.4. The molecule has 12 heteroatoms. The zero-order valence-electron chi connectivity index (χ0n) is 47.9. The Hall–Kier alpha value is -3.86. The summed E-state index contributed by atoms with van der Waals surface area (Å²) in [5, 5.41) is 9.82. The summed E-state index contributed by atoms with van der Waals surface area (Å²) in [5.41, 5.74) is 0. The van der Waals surface area contributed by atoms with Gasteiger partial charge in [0.2, 0.25) is 0 Å². The van der Waals surface area contributed by atoms with E-state index in [1.165, 1.54) is 57.8 Å². The second-order valence-corrected chi connectivity index (χ2v) is 20.8. The highest BCUT2D eigenvalue weighted by Crippen LogP contribution is 2.43. The van der Waals surface area contributed by atoms with Crippen LogP contribution in [-0.4, -0.2) is 66.5 Å². The van der Waals surface area contributed by atoms with E-state index in [1.54, 1.807) is 0 Å². The van der Waals surface area contributed by atoms with Gasteiger partial charge in [0.25, 0.3) is 0 Å². The number of phosphoric ester groups is 1. The van der Waals surface area contributed by atoms with Gasteiger partial charge in [-0.15, -0.1) is 0 Å². The van der Waals surface area contributed by atoms with Gasteiger partial charge in [0.15, 0.2) is 6.10 Å². The van der Waals surface area contributed by atoms with Crippen molar-refractivity contribution in [1.82, 2.24) is 0 Å². The average molecular weight is 1080 g/mol. The number of hydrogen-bond acceptors (Lipinski definition) is 10. The van der Waals surface area contributed by atoms with Crippen molar-refractivity contribution in [1.29, 1.82) is 0 Å². The van der Waals surface area contributed by atoms with Gasteiger partial charge in [0, 0.05) is 19.3 Å². The molecule has 0 bridgehead atoms. The fourth-order valence-electron chi connectivity index (χ4n) is 7.69. The summed E-state index contributed by atoms with van der Waals surface area (Å²) in [6.07, 6.45) is 69.0. The molecule has 3 unspecified atom stereocenters. The molecule has 0 aromatic heterocycles. The van der Waals surface area contributed by atoms with Crippen molar-refractivity contribution in [2.45, 2.75) is 251 Å². The molecule has 0 fully saturated rings. The Morgan fingerprint density at radius 2 is 0.684 bits per heavy atom.